The van der Waals surface area contributed by atoms with Crippen LogP contribution in [0.4, 0.5) is 5.69 Å². The van der Waals surface area contributed by atoms with Gasteiger partial charge < -0.3 is 15.8 Å². The number of nitrogens with one attached hydrogen (secondary N) is 1. The molecule has 1 saturated heterocycles. The highest BCUT2D eigenvalue weighted by Crippen LogP contribution is 2.15. The average molecular weight is 257 g/mol. The molecule has 0 spiro atoms. The molecule has 4 nitrogen and oxygen atoms in total. The number of para-hydroxylation sites is 1. The van der Waals surface area contributed by atoms with Gasteiger partial charge in [-0.1, -0.05) is 12.1 Å². The van der Waals surface area contributed by atoms with E-state index >= 15 is 0 Å². The highest BCUT2D eigenvalue weighted by atomic mass is 35.5. The van der Waals surface area contributed by atoms with Crippen LogP contribution in [0.1, 0.15) is 23.7 Å². The first-order chi connectivity index (χ1) is 7.68. The van der Waals surface area contributed by atoms with Crippen LogP contribution in [0.2, 0.25) is 0 Å². The van der Waals surface area contributed by atoms with Crippen molar-refractivity contribution in [2.75, 3.05) is 12.3 Å². The minimum Gasteiger partial charge on any atom is -0.398 e. The van der Waals surface area contributed by atoms with Crippen molar-refractivity contribution in [3.05, 3.63) is 29.8 Å². The maximum absolute atomic E-state index is 11.9. The standard InChI is InChI=1S/C12H16N2O2.ClH/c1-8-11(6-7-16-8)14-12(15)9-4-2-3-5-10(9)13;/h2-5,8,11H,6-7,13H2,1H3,(H,14,15);1H. The van der Waals surface area contributed by atoms with Crippen molar-refractivity contribution in [2.45, 2.75) is 25.5 Å². The van der Waals surface area contributed by atoms with Crippen LogP contribution >= 0.6 is 12.4 Å². The van der Waals surface area contributed by atoms with Gasteiger partial charge in [-0.25, -0.2) is 0 Å². The van der Waals surface area contributed by atoms with Crippen molar-refractivity contribution in [3.63, 3.8) is 0 Å². The van der Waals surface area contributed by atoms with Gasteiger partial charge in [-0.15, -0.1) is 12.4 Å². The Morgan fingerprint density at radius 1 is 1.47 bits per heavy atom. The Labute approximate surface area is 107 Å². The number of halogens is 1. The van der Waals surface area contributed by atoms with E-state index in [1.54, 1.807) is 18.2 Å². The number of anilines is 1. The highest BCUT2D eigenvalue weighted by Gasteiger charge is 2.26. The number of amides is 1. The van der Waals surface area contributed by atoms with Crippen molar-refractivity contribution in [3.8, 4) is 0 Å². The third-order valence-corrected chi connectivity index (χ3v) is 2.90. The molecule has 0 aromatic heterocycles. The molecule has 1 fully saturated rings. The summed E-state index contributed by atoms with van der Waals surface area (Å²) in [4.78, 5) is 11.9. The molecule has 3 N–H and O–H groups in total. The molecule has 5 heteroatoms. The predicted octanol–water partition coefficient (Wildman–Crippen LogP) is 1.60. The Kier molecular flexibility index (Phi) is 4.78. The largest absolute Gasteiger partial charge is 0.398 e. The van der Waals surface area contributed by atoms with Gasteiger partial charge in [0, 0.05) is 12.3 Å². The minimum absolute atomic E-state index is 0. The van der Waals surface area contributed by atoms with Crippen LogP contribution in [-0.2, 0) is 4.74 Å². The van der Waals surface area contributed by atoms with Crippen LogP contribution in [0.25, 0.3) is 0 Å². The molecule has 1 aromatic carbocycles. The predicted molar refractivity (Wildman–Crippen MR) is 69.4 cm³/mol. The zero-order valence-corrected chi connectivity index (χ0v) is 10.5. The summed E-state index contributed by atoms with van der Waals surface area (Å²) in [5, 5.41) is 2.94. The number of benzene rings is 1. The van der Waals surface area contributed by atoms with Gasteiger partial charge in [0.25, 0.3) is 5.91 Å². The van der Waals surface area contributed by atoms with Gasteiger partial charge in [0.1, 0.15) is 0 Å². The summed E-state index contributed by atoms with van der Waals surface area (Å²) >= 11 is 0. The number of nitrogen functional groups attached to an aromatic ring is 1. The lowest BCUT2D eigenvalue weighted by atomic mass is 10.1. The second kappa shape index (κ2) is 5.89. The lowest BCUT2D eigenvalue weighted by Gasteiger charge is -2.16. The van der Waals surface area contributed by atoms with Crippen LogP contribution < -0.4 is 11.1 Å². The molecule has 17 heavy (non-hydrogen) atoms. The van der Waals surface area contributed by atoms with E-state index in [0.717, 1.165) is 6.42 Å². The molecule has 0 aliphatic carbocycles. The van der Waals surface area contributed by atoms with Crippen molar-refractivity contribution < 1.29 is 9.53 Å². The van der Waals surface area contributed by atoms with Gasteiger partial charge in [0.15, 0.2) is 0 Å². The molecule has 0 saturated carbocycles. The Morgan fingerprint density at radius 2 is 2.18 bits per heavy atom. The Balaban J connectivity index is 0.00000144. The highest BCUT2D eigenvalue weighted by molar-refractivity contribution is 5.99. The molecule has 1 aliphatic heterocycles. The van der Waals surface area contributed by atoms with Crippen molar-refractivity contribution in [2.24, 2.45) is 0 Å². The first kappa shape index (κ1) is 13.8. The number of carbonyl (C=O) groups excluding carboxylic acids is 1. The lowest BCUT2D eigenvalue weighted by molar-refractivity contribution is 0.0867. The van der Waals surface area contributed by atoms with Gasteiger partial charge in [-0.05, 0) is 25.5 Å². The smallest absolute Gasteiger partial charge is 0.253 e. The fourth-order valence-corrected chi connectivity index (χ4v) is 1.87. The molecule has 2 rings (SSSR count). The number of nitrogens with two attached hydrogens (primary N) is 1. The monoisotopic (exact) mass is 256 g/mol. The summed E-state index contributed by atoms with van der Waals surface area (Å²) < 4.78 is 5.39. The molecule has 1 amide bonds. The van der Waals surface area contributed by atoms with Crippen LogP contribution in [-0.4, -0.2) is 24.7 Å². The summed E-state index contributed by atoms with van der Waals surface area (Å²) in [6.45, 7) is 2.67. The maximum Gasteiger partial charge on any atom is 0.253 e. The van der Waals surface area contributed by atoms with E-state index in [1.165, 1.54) is 0 Å². The third kappa shape index (κ3) is 3.11. The quantitative estimate of drug-likeness (QED) is 0.790. The summed E-state index contributed by atoms with van der Waals surface area (Å²) in [6.07, 6.45) is 0.938. The molecule has 1 aliphatic rings. The molecule has 1 aromatic rings. The van der Waals surface area contributed by atoms with E-state index in [1.807, 2.05) is 13.0 Å². The summed E-state index contributed by atoms with van der Waals surface area (Å²) in [6, 6.07) is 7.16. The Morgan fingerprint density at radius 3 is 2.76 bits per heavy atom. The maximum atomic E-state index is 11.9. The average Bonchev–Trinajstić information content (AvgIpc) is 2.65. The fourth-order valence-electron chi connectivity index (χ4n) is 1.87. The topological polar surface area (TPSA) is 64.3 Å². The van der Waals surface area contributed by atoms with Gasteiger partial charge in [-0.3, -0.25) is 4.79 Å². The number of hydrogen-bond acceptors (Lipinski definition) is 3. The van der Waals surface area contributed by atoms with Crippen molar-refractivity contribution >= 4 is 24.0 Å². The van der Waals surface area contributed by atoms with Crippen LogP contribution in [0.15, 0.2) is 24.3 Å². The van der Waals surface area contributed by atoms with Crippen LogP contribution in [0, 0.1) is 0 Å². The molecule has 0 bridgehead atoms. The first-order valence-electron chi connectivity index (χ1n) is 5.45. The summed E-state index contributed by atoms with van der Waals surface area (Å²) in [5.74, 6) is -0.125. The molecule has 94 valence electrons. The van der Waals surface area contributed by atoms with Crippen LogP contribution in [0.3, 0.4) is 0 Å². The molecule has 0 radical (unpaired) electrons. The number of ether oxygens (including phenoxy) is 1. The van der Waals surface area contributed by atoms with Gasteiger partial charge >= 0.3 is 0 Å². The molecular weight excluding hydrogens is 240 g/mol. The lowest BCUT2D eigenvalue weighted by Crippen LogP contribution is -2.39. The van der Waals surface area contributed by atoms with E-state index in [0.29, 0.717) is 17.9 Å². The van der Waals surface area contributed by atoms with Gasteiger partial charge in [-0.2, -0.15) is 0 Å². The van der Waals surface area contributed by atoms with E-state index in [4.69, 9.17) is 10.5 Å². The zero-order chi connectivity index (χ0) is 11.5. The van der Waals surface area contributed by atoms with Crippen LogP contribution in [0.5, 0.6) is 0 Å². The normalized spacial score (nSPS) is 22.9. The zero-order valence-electron chi connectivity index (χ0n) is 9.68. The number of hydrogen-bond donors (Lipinski definition) is 2. The Bertz CT molecular complexity index is 398. The van der Waals surface area contributed by atoms with Crippen molar-refractivity contribution in [1.82, 2.24) is 5.32 Å². The fraction of sp³-hybridized carbons (Fsp3) is 0.417. The van der Waals surface area contributed by atoms with Gasteiger partial charge in [0.05, 0.1) is 17.7 Å². The molecular formula is C12H17ClN2O2. The molecule has 2 atom stereocenters. The number of carbonyl (C=O) groups is 1. The minimum atomic E-state index is -0.125. The second-order valence-corrected chi connectivity index (χ2v) is 4.03. The summed E-state index contributed by atoms with van der Waals surface area (Å²) in [7, 11) is 0. The summed E-state index contributed by atoms with van der Waals surface area (Å²) in [5.41, 5.74) is 6.77. The first-order valence-corrected chi connectivity index (χ1v) is 5.45. The van der Waals surface area contributed by atoms with E-state index < -0.39 is 0 Å². The van der Waals surface area contributed by atoms with E-state index in [9.17, 15) is 4.79 Å². The second-order valence-electron chi connectivity index (χ2n) is 4.03. The third-order valence-electron chi connectivity index (χ3n) is 2.90. The SMILES string of the molecule is CC1OCCC1NC(=O)c1ccccc1N.Cl. The Hall–Kier alpha value is -1.26. The molecule has 1 heterocycles. The number of rotatable bonds is 2. The van der Waals surface area contributed by atoms with Gasteiger partial charge in [0.2, 0.25) is 0 Å². The van der Waals surface area contributed by atoms with E-state index in [-0.39, 0.29) is 30.5 Å². The van der Waals surface area contributed by atoms with E-state index in [2.05, 4.69) is 5.32 Å². The molecule has 2 unspecified atom stereocenters. The van der Waals surface area contributed by atoms with Crippen molar-refractivity contribution in [1.29, 1.82) is 0 Å².